The summed E-state index contributed by atoms with van der Waals surface area (Å²) in [4.78, 5) is 11.3. The molecule has 1 aromatic rings. The number of hydrogen-bond donors (Lipinski definition) is 2. The molecular formula is C15H20N2O2. The van der Waals surface area contributed by atoms with E-state index in [2.05, 4.69) is 23.5 Å². The molecule has 102 valence electrons. The lowest BCUT2D eigenvalue weighted by molar-refractivity contribution is -0.122. The van der Waals surface area contributed by atoms with Crippen LogP contribution < -0.4 is 15.4 Å². The first-order valence-corrected chi connectivity index (χ1v) is 6.39. The van der Waals surface area contributed by atoms with Gasteiger partial charge in [0, 0.05) is 6.54 Å². The molecule has 0 saturated heterocycles. The molecule has 0 bridgehead atoms. The van der Waals surface area contributed by atoms with Crippen LogP contribution in [-0.2, 0) is 11.3 Å². The Hall–Kier alpha value is -1.99. The fraction of sp³-hybridized carbons (Fsp3) is 0.400. The van der Waals surface area contributed by atoms with Crippen molar-refractivity contribution in [2.45, 2.75) is 19.9 Å². The zero-order chi connectivity index (χ0) is 13.9. The molecule has 1 aromatic carbocycles. The number of terminal acetylenes is 1. The molecule has 4 heteroatoms. The monoisotopic (exact) mass is 260 g/mol. The lowest BCUT2D eigenvalue weighted by atomic mass is 10.2. The molecule has 1 amide bonds. The van der Waals surface area contributed by atoms with Crippen LogP contribution in [0.2, 0.25) is 0 Å². The number of amides is 1. The highest BCUT2D eigenvalue weighted by molar-refractivity contribution is 5.77. The third kappa shape index (κ3) is 6.49. The first-order valence-electron chi connectivity index (χ1n) is 6.39. The third-order valence-corrected chi connectivity index (χ3v) is 2.44. The number of nitrogens with one attached hydrogen (secondary N) is 2. The molecule has 0 aliphatic carbocycles. The smallest absolute Gasteiger partial charge is 0.258 e. The van der Waals surface area contributed by atoms with Crippen molar-refractivity contribution in [3.05, 3.63) is 29.8 Å². The number of ether oxygens (including phenoxy) is 1. The van der Waals surface area contributed by atoms with Gasteiger partial charge in [-0.2, -0.15) is 0 Å². The van der Waals surface area contributed by atoms with Crippen LogP contribution in [0, 0.1) is 12.3 Å². The molecule has 0 aromatic heterocycles. The summed E-state index contributed by atoms with van der Waals surface area (Å²) in [6.07, 6.45) is 6.16. The molecule has 0 radical (unpaired) electrons. The number of benzene rings is 1. The van der Waals surface area contributed by atoms with E-state index in [-0.39, 0.29) is 19.1 Å². The maximum absolute atomic E-state index is 11.3. The molecule has 0 fully saturated rings. The zero-order valence-corrected chi connectivity index (χ0v) is 11.2. The molecule has 2 N–H and O–H groups in total. The van der Waals surface area contributed by atoms with E-state index in [0.717, 1.165) is 19.5 Å². The van der Waals surface area contributed by atoms with E-state index in [1.807, 2.05) is 24.3 Å². The van der Waals surface area contributed by atoms with Crippen molar-refractivity contribution in [3.63, 3.8) is 0 Å². The van der Waals surface area contributed by atoms with Gasteiger partial charge in [-0.3, -0.25) is 4.79 Å². The first-order chi connectivity index (χ1) is 9.26. The summed E-state index contributed by atoms with van der Waals surface area (Å²) in [5.74, 6) is 2.79. The van der Waals surface area contributed by atoms with Gasteiger partial charge in [-0.05, 0) is 30.7 Å². The molecule has 0 unspecified atom stereocenters. The lowest BCUT2D eigenvalue weighted by Crippen LogP contribution is -2.29. The quantitative estimate of drug-likeness (QED) is 0.547. The Labute approximate surface area is 114 Å². The minimum absolute atomic E-state index is 0.0187. The molecule has 0 heterocycles. The second-order valence-corrected chi connectivity index (χ2v) is 4.09. The fourth-order valence-corrected chi connectivity index (χ4v) is 1.46. The van der Waals surface area contributed by atoms with Crippen LogP contribution in [0.1, 0.15) is 18.9 Å². The average Bonchev–Trinajstić information content (AvgIpc) is 2.44. The summed E-state index contributed by atoms with van der Waals surface area (Å²) >= 11 is 0. The van der Waals surface area contributed by atoms with Gasteiger partial charge in [0.15, 0.2) is 6.61 Å². The second-order valence-electron chi connectivity index (χ2n) is 4.09. The number of carbonyl (C=O) groups is 1. The van der Waals surface area contributed by atoms with Crippen LogP contribution >= 0.6 is 0 Å². The van der Waals surface area contributed by atoms with E-state index >= 15 is 0 Å². The van der Waals surface area contributed by atoms with E-state index in [9.17, 15) is 4.79 Å². The highest BCUT2D eigenvalue weighted by Crippen LogP contribution is 2.11. The van der Waals surface area contributed by atoms with Crippen molar-refractivity contribution in [3.8, 4) is 18.1 Å². The molecule has 4 nitrogen and oxygen atoms in total. The second kappa shape index (κ2) is 9.01. The van der Waals surface area contributed by atoms with E-state index in [1.54, 1.807) is 0 Å². The predicted octanol–water partition coefficient (Wildman–Crippen LogP) is 1.31. The lowest BCUT2D eigenvalue weighted by Gasteiger charge is -2.07. The SMILES string of the molecule is C#CCNC(=O)COc1ccc(CNCCC)cc1. The minimum Gasteiger partial charge on any atom is -0.484 e. The Bertz CT molecular complexity index is 421. The van der Waals surface area contributed by atoms with Crippen LogP contribution in [0.5, 0.6) is 5.75 Å². The van der Waals surface area contributed by atoms with E-state index in [1.165, 1.54) is 5.56 Å². The van der Waals surface area contributed by atoms with Crippen molar-refractivity contribution in [2.24, 2.45) is 0 Å². The third-order valence-electron chi connectivity index (χ3n) is 2.44. The highest BCUT2D eigenvalue weighted by atomic mass is 16.5. The van der Waals surface area contributed by atoms with Crippen molar-refractivity contribution in [1.82, 2.24) is 10.6 Å². The largest absolute Gasteiger partial charge is 0.484 e. The minimum atomic E-state index is -0.216. The van der Waals surface area contributed by atoms with Crippen LogP contribution in [0.4, 0.5) is 0 Å². The fourth-order valence-electron chi connectivity index (χ4n) is 1.46. The molecule has 0 aliphatic heterocycles. The molecule has 19 heavy (non-hydrogen) atoms. The molecular weight excluding hydrogens is 240 g/mol. The maximum Gasteiger partial charge on any atom is 0.258 e. The van der Waals surface area contributed by atoms with Gasteiger partial charge in [0.2, 0.25) is 0 Å². The van der Waals surface area contributed by atoms with Gasteiger partial charge in [0.25, 0.3) is 5.91 Å². The summed E-state index contributed by atoms with van der Waals surface area (Å²) in [5.41, 5.74) is 1.19. The summed E-state index contributed by atoms with van der Waals surface area (Å²) < 4.78 is 5.34. The van der Waals surface area contributed by atoms with Crippen LogP contribution in [0.25, 0.3) is 0 Å². The maximum atomic E-state index is 11.3. The molecule has 0 atom stereocenters. The molecule has 1 rings (SSSR count). The van der Waals surface area contributed by atoms with E-state index in [4.69, 9.17) is 11.2 Å². The summed E-state index contributed by atoms with van der Waals surface area (Å²) in [6, 6.07) is 7.68. The van der Waals surface area contributed by atoms with Gasteiger partial charge in [-0.1, -0.05) is 25.0 Å². The van der Waals surface area contributed by atoms with Crippen molar-refractivity contribution >= 4 is 5.91 Å². The Morgan fingerprint density at radius 1 is 1.37 bits per heavy atom. The number of rotatable bonds is 8. The van der Waals surface area contributed by atoms with Gasteiger partial charge in [0.05, 0.1) is 6.54 Å². The number of carbonyl (C=O) groups excluding carboxylic acids is 1. The molecule has 0 saturated carbocycles. The summed E-state index contributed by atoms with van der Waals surface area (Å²) in [7, 11) is 0. The van der Waals surface area contributed by atoms with Crippen LogP contribution in [0.3, 0.4) is 0 Å². The van der Waals surface area contributed by atoms with Gasteiger partial charge in [0.1, 0.15) is 5.75 Å². The average molecular weight is 260 g/mol. The van der Waals surface area contributed by atoms with Gasteiger partial charge in [-0.25, -0.2) is 0 Å². The molecule has 0 aliphatic rings. The Kier molecular flexibility index (Phi) is 7.14. The standard InChI is InChI=1S/C15H20N2O2/c1-3-9-16-11-13-5-7-14(8-6-13)19-12-15(18)17-10-4-2/h2,5-8,16H,3,9-12H2,1H3,(H,17,18). The van der Waals surface area contributed by atoms with Gasteiger partial charge in [-0.15, -0.1) is 6.42 Å². The van der Waals surface area contributed by atoms with Crippen molar-refractivity contribution in [2.75, 3.05) is 19.7 Å². The first kappa shape index (κ1) is 15.1. The topological polar surface area (TPSA) is 50.4 Å². The van der Waals surface area contributed by atoms with Crippen LogP contribution in [0.15, 0.2) is 24.3 Å². The predicted molar refractivity (Wildman–Crippen MR) is 75.8 cm³/mol. The van der Waals surface area contributed by atoms with Gasteiger partial charge >= 0.3 is 0 Å². The van der Waals surface area contributed by atoms with Crippen molar-refractivity contribution in [1.29, 1.82) is 0 Å². The molecule has 0 spiro atoms. The number of hydrogen-bond acceptors (Lipinski definition) is 3. The Morgan fingerprint density at radius 3 is 2.74 bits per heavy atom. The van der Waals surface area contributed by atoms with Crippen LogP contribution in [-0.4, -0.2) is 25.6 Å². The Morgan fingerprint density at radius 2 is 2.11 bits per heavy atom. The van der Waals surface area contributed by atoms with E-state index < -0.39 is 0 Å². The van der Waals surface area contributed by atoms with E-state index in [0.29, 0.717) is 5.75 Å². The summed E-state index contributed by atoms with van der Waals surface area (Å²) in [6.45, 7) is 4.19. The highest BCUT2D eigenvalue weighted by Gasteiger charge is 2.01. The van der Waals surface area contributed by atoms with Crippen molar-refractivity contribution < 1.29 is 9.53 Å². The Balaban J connectivity index is 2.32. The normalized spacial score (nSPS) is 9.68. The summed E-state index contributed by atoms with van der Waals surface area (Å²) in [5, 5.41) is 5.86. The van der Waals surface area contributed by atoms with Gasteiger partial charge < -0.3 is 15.4 Å². The zero-order valence-electron chi connectivity index (χ0n) is 11.2.